The van der Waals surface area contributed by atoms with Crippen molar-refractivity contribution in [1.29, 1.82) is 5.41 Å². The highest BCUT2D eigenvalue weighted by atomic mass is 79.9. The van der Waals surface area contributed by atoms with Crippen molar-refractivity contribution < 1.29 is 13.9 Å². The van der Waals surface area contributed by atoms with E-state index in [1.165, 1.54) is 23.9 Å². The van der Waals surface area contributed by atoms with Crippen molar-refractivity contribution in [3.05, 3.63) is 64.1 Å². The number of rotatable bonds is 5. The first kappa shape index (κ1) is 19.1. The van der Waals surface area contributed by atoms with Gasteiger partial charge in [-0.05, 0) is 52.2 Å². The SMILES string of the molecule is N=c1ncn(CCc2cccc(F)c2)c2nc(Sc3cc4c(cc3Br)OCO4)[nH]c12. The molecule has 0 radical (unpaired) electrons. The molecule has 4 aromatic rings. The Morgan fingerprint density at radius 3 is 2.90 bits per heavy atom. The number of hydrogen-bond acceptors (Lipinski definition) is 6. The van der Waals surface area contributed by atoms with Gasteiger partial charge in [-0.1, -0.05) is 23.9 Å². The van der Waals surface area contributed by atoms with Gasteiger partial charge >= 0.3 is 0 Å². The number of aromatic nitrogens is 4. The maximum Gasteiger partial charge on any atom is 0.231 e. The number of H-pyrrole nitrogens is 1. The van der Waals surface area contributed by atoms with Gasteiger partial charge in [-0.25, -0.2) is 14.4 Å². The Morgan fingerprint density at radius 2 is 2.07 bits per heavy atom. The number of imidazole rings is 1. The van der Waals surface area contributed by atoms with Crippen LogP contribution in [0.5, 0.6) is 11.5 Å². The van der Waals surface area contributed by atoms with Gasteiger partial charge in [0, 0.05) is 15.9 Å². The van der Waals surface area contributed by atoms with Gasteiger partial charge in [0.2, 0.25) is 6.79 Å². The summed E-state index contributed by atoms with van der Waals surface area (Å²) in [6.07, 6.45) is 2.22. The molecule has 3 heterocycles. The molecule has 0 atom stereocenters. The summed E-state index contributed by atoms with van der Waals surface area (Å²) >= 11 is 4.97. The van der Waals surface area contributed by atoms with E-state index >= 15 is 0 Å². The number of halogens is 2. The quantitative estimate of drug-likeness (QED) is 0.438. The Hall–Kier alpha value is -2.85. The fourth-order valence-electron chi connectivity index (χ4n) is 3.20. The van der Waals surface area contributed by atoms with Crippen LogP contribution in [0.25, 0.3) is 11.2 Å². The number of nitrogens with one attached hydrogen (secondary N) is 2. The lowest BCUT2D eigenvalue weighted by Gasteiger charge is -2.07. The van der Waals surface area contributed by atoms with Crippen LogP contribution >= 0.6 is 27.7 Å². The first-order valence-electron chi connectivity index (χ1n) is 9.08. The van der Waals surface area contributed by atoms with Crippen LogP contribution in [0.2, 0.25) is 0 Å². The molecule has 2 aromatic heterocycles. The molecular formula is C20H15BrFN5O2S. The van der Waals surface area contributed by atoms with E-state index in [-0.39, 0.29) is 18.1 Å². The number of aryl methyl sites for hydroxylation is 2. The van der Waals surface area contributed by atoms with Crippen LogP contribution in [-0.2, 0) is 13.0 Å². The van der Waals surface area contributed by atoms with Gasteiger partial charge in [0.1, 0.15) is 11.3 Å². The molecule has 5 rings (SSSR count). The molecule has 0 fully saturated rings. The number of fused-ring (bicyclic) bond motifs is 2. The average molecular weight is 488 g/mol. The second-order valence-corrected chi connectivity index (χ2v) is 8.53. The molecule has 1 aliphatic rings. The maximum atomic E-state index is 13.4. The van der Waals surface area contributed by atoms with Crippen LogP contribution in [0.15, 0.2) is 57.3 Å². The molecule has 7 nitrogen and oxygen atoms in total. The van der Waals surface area contributed by atoms with Crippen LogP contribution in [-0.4, -0.2) is 26.3 Å². The largest absolute Gasteiger partial charge is 0.454 e. The number of benzene rings is 2. The summed E-state index contributed by atoms with van der Waals surface area (Å²) in [7, 11) is 0. The third kappa shape index (κ3) is 3.68. The van der Waals surface area contributed by atoms with Crippen molar-refractivity contribution >= 4 is 38.9 Å². The Balaban J connectivity index is 1.44. The topological polar surface area (TPSA) is 88.8 Å². The molecule has 0 aliphatic carbocycles. The van der Waals surface area contributed by atoms with Crippen molar-refractivity contribution in [2.45, 2.75) is 23.0 Å². The predicted octanol–water partition coefficient (Wildman–Crippen LogP) is 4.26. The third-order valence-corrected chi connectivity index (χ3v) is 6.53. The van der Waals surface area contributed by atoms with E-state index in [4.69, 9.17) is 14.9 Å². The molecule has 152 valence electrons. The van der Waals surface area contributed by atoms with Crippen molar-refractivity contribution in [1.82, 2.24) is 19.5 Å². The smallest absolute Gasteiger partial charge is 0.231 e. The van der Waals surface area contributed by atoms with E-state index in [0.29, 0.717) is 40.8 Å². The normalized spacial score (nSPS) is 12.6. The molecule has 0 amide bonds. The lowest BCUT2D eigenvalue weighted by Crippen LogP contribution is -2.13. The summed E-state index contributed by atoms with van der Waals surface area (Å²) in [6, 6.07) is 10.3. The molecule has 2 N–H and O–H groups in total. The van der Waals surface area contributed by atoms with Crippen molar-refractivity contribution in [3.8, 4) is 11.5 Å². The van der Waals surface area contributed by atoms with E-state index < -0.39 is 0 Å². The highest BCUT2D eigenvalue weighted by Gasteiger charge is 2.18. The predicted molar refractivity (Wildman–Crippen MR) is 112 cm³/mol. The summed E-state index contributed by atoms with van der Waals surface area (Å²) in [5.74, 6) is 1.13. The summed E-state index contributed by atoms with van der Waals surface area (Å²) in [5, 5.41) is 8.75. The van der Waals surface area contributed by atoms with Gasteiger partial charge in [0.15, 0.2) is 27.8 Å². The maximum absolute atomic E-state index is 13.4. The van der Waals surface area contributed by atoms with Crippen molar-refractivity contribution in [3.63, 3.8) is 0 Å². The molecule has 0 saturated carbocycles. The Labute approximate surface area is 182 Å². The van der Waals surface area contributed by atoms with E-state index in [0.717, 1.165) is 14.9 Å². The van der Waals surface area contributed by atoms with Crippen LogP contribution in [0, 0.1) is 11.2 Å². The fraction of sp³-hybridized carbons (Fsp3) is 0.150. The summed E-state index contributed by atoms with van der Waals surface area (Å²) in [6.45, 7) is 0.773. The first-order valence-corrected chi connectivity index (χ1v) is 10.7. The summed E-state index contributed by atoms with van der Waals surface area (Å²) in [5.41, 5.74) is 2.19. The Morgan fingerprint density at radius 1 is 1.23 bits per heavy atom. The number of ether oxygens (including phenoxy) is 2. The number of nitrogens with zero attached hydrogens (tertiary/aromatic N) is 3. The van der Waals surface area contributed by atoms with Crippen LogP contribution < -0.4 is 15.0 Å². The monoisotopic (exact) mass is 487 g/mol. The Kier molecular flexibility index (Phi) is 4.95. The third-order valence-electron chi connectivity index (χ3n) is 4.66. The lowest BCUT2D eigenvalue weighted by atomic mass is 10.1. The highest BCUT2D eigenvalue weighted by Crippen LogP contribution is 2.42. The molecule has 0 saturated heterocycles. The zero-order chi connectivity index (χ0) is 20.7. The van der Waals surface area contributed by atoms with Crippen LogP contribution in [0.3, 0.4) is 0 Å². The van der Waals surface area contributed by atoms with Crippen molar-refractivity contribution in [2.24, 2.45) is 0 Å². The van der Waals surface area contributed by atoms with Gasteiger partial charge in [-0.15, -0.1) is 0 Å². The van der Waals surface area contributed by atoms with Gasteiger partial charge in [0.25, 0.3) is 0 Å². The molecule has 1 aliphatic heterocycles. The van der Waals surface area contributed by atoms with Gasteiger partial charge in [-0.2, -0.15) is 0 Å². The molecule has 2 aromatic carbocycles. The fourth-order valence-corrected chi connectivity index (χ4v) is 4.58. The second-order valence-electron chi connectivity index (χ2n) is 6.65. The minimum Gasteiger partial charge on any atom is -0.454 e. The van der Waals surface area contributed by atoms with Gasteiger partial charge < -0.3 is 19.0 Å². The molecule has 30 heavy (non-hydrogen) atoms. The van der Waals surface area contributed by atoms with E-state index in [1.54, 1.807) is 12.4 Å². The lowest BCUT2D eigenvalue weighted by molar-refractivity contribution is 0.174. The van der Waals surface area contributed by atoms with Gasteiger partial charge in [-0.3, -0.25) is 5.41 Å². The highest BCUT2D eigenvalue weighted by molar-refractivity contribution is 9.10. The van der Waals surface area contributed by atoms with Crippen molar-refractivity contribution in [2.75, 3.05) is 6.79 Å². The van der Waals surface area contributed by atoms with E-state index in [9.17, 15) is 4.39 Å². The molecule has 0 unspecified atom stereocenters. The first-order chi connectivity index (χ1) is 14.6. The van der Waals surface area contributed by atoms with Crippen LogP contribution in [0.1, 0.15) is 5.56 Å². The molecule has 0 bridgehead atoms. The summed E-state index contributed by atoms with van der Waals surface area (Å²) in [4.78, 5) is 12.9. The Bertz CT molecular complexity index is 1320. The number of aromatic amines is 1. The standard InChI is InChI=1S/C20H15BrFN5O2S/c21-13-7-14-15(29-10-28-14)8-16(13)30-20-25-17-18(23)24-9-27(19(17)26-20)5-4-11-2-1-3-12(22)6-11/h1-3,6-9,23H,4-5,10H2,(H,25,26). The average Bonchev–Trinajstić information content (AvgIpc) is 3.35. The van der Waals surface area contributed by atoms with E-state index in [1.807, 2.05) is 22.8 Å². The molecular weight excluding hydrogens is 473 g/mol. The van der Waals surface area contributed by atoms with E-state index in [2.05, 4.69) is 30.9 Å². The minimum absolute atomic E-state index is 0.121. The zero-order valence-corrected chi connectivity index (χ0v) is 17.9. The zero-order valence-electron chi connectivity index (χ0n) is 15.5. The molecule has 10 heteroatoms. The molecule has 0 spiro atoms. The second kappa shape index (κ2) is 7.77. The van der Waals surface area contributed by atoms with Crippen LogP contribution in [0.4, 0.5) is 4.39 Å². The minimum atomic E-state index is -0.255. The summed E-state index contributed by atoms with van der Waals surface area (Å²) < 4.78 is 27.0. The van der Waals surface area contributed by atoms with Gasteiger partial charge in [0.05, 0.1) is 6.33 Å². The number of hydrogen-bond donors (Lipinski definition) is 2.